The van der Waals surface area contributed by atoms with Gasteiger partial charge in [-0.1, -0.05) is 11.6 Å². The van der Waals surface area contributed by atoms with Gasteiger partial charge in [0.2, 0.25) is 0 Å². The largest absolute Gasteiger partial charge is 0.478 e. The fourth-order valence-electron chi connectivity index (χ4n) is 1.24. The van der Waals surface area contributed by atoms with E-state index < -0.39 is 17.7 Å². The van der Waals surface area contributed by atoms with Crippen LogP contribution in [0.3, 0.4) is 0 Å². The number of ether oxygens (including phenoxy) is 1. The van der Waals surface area contributed by atoms with Crippen LogP contribution in [0.1, 0.15) is 31.1 Å². The smallest absolute Gasteiger partial charge is 0.412 e. The summed E-state index contributed by atoms with van der Waals surface area (Å²) in [5.74, 6) is -1.15. The summed E-state index contributed by atoms with van der Waals surface area (Å²) in [6, 6.07) is 2.77. The lowest BCUT2D eigenvalue weighted by atomic mass is 10.2. The second-order valence-electron chi connectivity index (χ2n) is 4.74. The van der Waals surface area contributed by atoms with E-state index in [0.29, 0.717) is 8.59 Å². The molecule has 1 aromatic rings. The number of carbonyl (C=O) groups excluding carboxylic acids is 1. The zero-order chi connectivity index (χ0) is 14.8. The quantitative estimate of drug-likeness (QED) is 0.740. The minimum Gasteiger partial charge on any atom is -0.478 e. The standard InChI is InChI=1S/C12H13ClINO4/c1-12(2,3)19-11(18)15-9-5-7(13)8(14)4-6(9)10(16)17/h4-5H,1-3H3,(H,15,18)(H,16,17). The maximum Gasteiger partial charge on any atom is 0.412 e. The topological polar surface area (TPSA) is 75.6 Å². The van der Waals surface area contributed by atoms with Gasteiger partial charge in [-0.25, -0.2) is 9.59 Å². The molecule has 5 nitrogen and oxygen atoms in total. The molecule has 0 saturated carbocycles. The molecular formula is C12H13ClINO4. The molecule has 0 aromatic heterocycles. The van der Waals surface area contributed by atoms with Crippen molar-refractivity contribution in [3.63, 3.8) is 0 Å². The Morgan fingerprint density at radius 2 is 1.95 bits per heavy atom. The van der Waals surface area contributed by atoms with E-state index in [9.17, 15) is 9.59 Å². The molecule has 104 valence electrons. The van der Waals surface area contributed by atoms with E-state index in [1.165, 1.54) is 12.1 Å². The average molecular weight is 398 g/mol. The van der Waals surface area contributed by atoms with E-state index in [1.54, 1.807) is 20.8 Å². The Morgan fingerprint density at radius 1 is 1.37 bits per heavy atom. The van der Waals surface area contributed by atoms with Gasteiger partial charge in [-0.15, -0.1) is 0 Å². The number of halogens is 2. The van der Waals surface area contributed by atoms with E-state index in [-0.39, 0.29) is 11.3 Å². The van der Waals surface area contributed by atoms with Gasteiger partial charge in [-0.3, -0.25) is 5.32 Å². The summed E-state index contributed by atoms with van der Waals surface area (Å²) in [4.78, 5) is 22.7. The molecule has 0 fully saturated rings. The summed E-state index contributed by atoms with van der Waals surface area (Å²) in [7, 11) is 0. The van der Waals surface area contributed by atoms with Crippen LogP contribution in [0, 0.1) is 3.57 Å². The third-order valence-corrected chi connectivity index (χ3v) is 3.45. The summed E-state index contributed by atoms with van der Waals surface area (Å²) < 4.78 is 5.65. The first-order valence-corrected chi connectivity index (χ1v) is 6.78. The second kappa shape index (κ2) is 5.96. The highest BCUT2D eigenvalue weighted by Gasteiger charge is 2.19. The molecule has 0 aliphatic carbocycles. The Balaban J connectivity index is 3.03. The fraction of sp³-hybridized carbons (Fsp3) is 0.333. The highest BCUT2D eigenvalue weighted by atomic mass is 127. The molecule has 0 aliphatic heterocycles. The number of carboxylic acids is 1. The summed E-state index contributed by atoms with van der Waals surface area (Å²) in [6.45, 7) is 5.14. The van der Waals surface area contributed by atoms with Crippen molar-refractivity contribution in [2.45, 2.75) is 26.4 Å². The molecule has 0 spiro atoms. The lowest BCUT2D eigenvalue weighted by Gasteiger charge is -2.20. The summed E-state index contributed by atoms with van der Waals surface area (Å²) in [6.07, 6.45) is -0.729. The zero-order valence-corrected chi connectivity index (χ0v) is 13.5. The van der Waals surface area contributed by atoms with Crippen molar-refractivity contribution in [1.29, 1.82) is 0 Å². The molecule has 19 heavy (non-hydrogen) atoms. The summed E-state index contributed by atoms with van der Waals surface area (Å²) in [5, 5.41) is 11.8. The average Bonchev–Trinajstić information content (AvgIpc) is 2.19. The molecule has 2 N–H and O–H groups in total. The lowest BCUT2D eigenvalue weighted by molar-refractivity contribution is 0.0636. The van der Waals surface area contributed by atoms with Gasteiger partial charge in [-0.05, 0) is 55.5 Å². The van der Waals surface area contributed by atoms with Crippen LogP contribution in [-0.4, -0.2) is 22.8 Å². The van der Waals surface area contributed by atoms with E-state index in [4.69, 9.17) is 21.4 Å². The summed E-state index contributed by atoms with van der Waals surface area (Å²) >= 11 is 7.83. The molecule has 0 atom stereocenters. The SMILES string of the molecule is CC(C)(C)OC(=O)Nc1cc(Cl)c(I)cc1C(=O)O. The first kappa shape index (κ1) is 16.0. The Bertz CT molecular complexity index is 525. The third kappa shape index (κ3) is 4.87. The maximum atomic E-state index is 11.6. The van der Waals surface area contributed by atoms with E-state index in [2.05, 4.69) is 5.32 Å². The lowest BCUT2D eigenvalue weighted by Crippen LogP contribution is -2.27. The Hall–Kier alpha value is -1.02. The number of amides is 1. The normalized spacial score (nSPS) is 11.0. The van der Waals surface area contributed by atoms with Crippen molar-refractivity contribution in [2.24, 2.45) is 0 Å². The molecule has 0 heterocycles. The number of anilines is 1. The molecule has 0 bridgehead atoms. The van der Waals surface area contributed by atoms with Crippen molar-refractivity contribution < 1.29 is 19.4 Å². The number of carboxylic acid groups (broad SMARTS) is 1. The van der Waals surface area contributed by atoms with Crippen LogP contribution >= 0.6 is 34.2 Å². The van der Waals surface area contributed by atoms with Gasteiger partial charge < -0.3 is 9.84 Å². The first-order valence-electron chi connectivity index (χ1n) is 5.32. The zero-order valence-electron chi connectivity index (χ0n) is 10.6. The number of benzene rings is 1. The van der Waals surface area contributed by atoms with Crippen molar-refractivity contribution in [2.75, 3.05) is 5.32 Å². The predicted molar refractivity (Wildman–Crippen MR) is 81.0 cm³/mol. The van der Waals surface area contributed by atoms with Gasteiger partial charge in [0.15, 0.2) is 0 Å². The monoisotopic (exact) mass is 397 g/mol. The van der Waals surface area contributed by atoms with Crippen molar-refractivity contribution in [3.8, 4) is 0 Å². The van der Waals surface area contributed by atoms with E-state index in [0.717, 1.165) is 0 Å². The molecule has 0 unspecified atom stereocenters. The number of carbonyl (C=O) groups is 2. The van der Waals surface area contributed by atoms with E-state index in [1.807, 2.05) is 22.6 Å². The number of hydrogen-bond donors (Lipinski definition) is 2. The highest BCUT2D eigenvalue weighted by molar-refractivity contribution is 14.1. The van der Waals surface area contributed by atoms with Gasteiger partial charge in [0.05, 0.1) is 16.3 Å². The van der Waals surface area contributed by atoms with Gasteiger partial charge in [0.25, 0.3) is 0 Å². The molecule has 7 heteroatoms. The van der Waals surface area contributed by atoms with Crippen molar-refractivity contribution in [3.05, 3.63) is 26.3 Å². The van der Waals surface area contributed by atoms with Crippen LogP contribution in [0.25, 0.3) is 0 Å². The van der Waals surface area contributed by atoms with E-state index >= 15 is 0 Å². The van der Waals surface area contributed by atoms with Gasteiger partial charge >= 0.3 is 12.1 Å². The maximum absolute atomic E-state index is 11.6. The molecule has 0 radical (unpaired) electrons. The Morgan fingerprint density at radius 3 is 2.42 bits per heavy atom. The first-order chi connectivity index (χ1) is 8.60. The fourth-order valence-corrected chi connectivity index (χ4v) is 1.87. The minimum absolute atomic E-state index is 0.0420. The molecule has 0 saturated heterocycles. The predicted octanol–water partition coefficient (Wildman–Crippen LogP) is 3.99. The number of rotatable bonds is 2. The third-order valence-electron chi connectivity index (χ3n) is 1.93. The van der Waals surface area contributed by atoms with Crippen LogP contribution in [0.15, 0.2) is 12.1 Å². The molecular weight excluding hydrogens is 384 g/mol. The van der Waals surface area contributed by atoms with Gasteiger partial charge in [-0.2, -0.15) is 0 Å². The van der Waals surface area contributed by atoms with Crippen LogP contribution in [-0.2, 0) is 4.74 Å². The van der Waals surface area contributed by atoms with Gasteiger partial charge in [0.1, 0.15) is 5.60 Å². The highest BCUT2D eigenvalue weighted by Crippen LogP contribution is 2.27. The summed E-state index contributed by atoms with van der Waals surface area (Å²) in [5.41, 5.74) is -0.604. The van der Waals surface area contributed by atoms with Gasteiger partial charge in [0, 0.05) is 3.57 Å². The van der Waals surface area contributed by atoms with Crippen molar-refractivity contribution >= 4 is 51.9 Å². The molecule has 1 rings (SSSR count). The molecule has 1 aromatic carbocycles. The number of nitrogens with one attached hydrogen (secondary N) is 1. The molecule has 0 aliphatic rings. The van der Waals surface area contributed by atoms with Crippen molar-refractivity contribution in [1.82, 2.24) is 0 Å². The van der Waals surface area contributed by atoms with Crippen LogP contribution in [0.5, 0.6) is 0 Å². The minimum atomic E-state index is -1.15. The number of aromatic carboxylic acids is 1. The van der Waals surface area contributed by atoms with Crippen LogP contribution in [0.4, 0.5) is 10.5 Å². The Labute approximate surface area is 129 Å². The van der Waals surface area contributed by atoms with Crippen LogP contribution < -0.4 is 5.32 Å². The number of hydrogen-bond acceptors (Lipinski definition) is 3. The second-order valence-corrected chi connectivity index (χ2v) is 6.31. The Kier molecular flexibility index (Phi) is 5.03. The van der Waals surface area contributed by atoms with Crippen LogP contribution in [0.2, 0.25) is 5.02 Å². The molecule has 1 amide bonds.